The van der Waals surface area contributed by atoms with Gasteiger partial charge in [-0.05, 0) is 25.0 Å². The predicted molar refractivity (Wildman–Crippen MR) is 66.4 cm³/mol. The Morgan fingerprint density at radius 2 is 1.82 bits per heavy atom. The third-order valence-corrected chi connectivity index (χ3v) is 3.21. The Labute approximate surface area is 101 Å². The maximum Gasteiger partial charge on any atom is 0.257 e. The van der Waals surface area contributed by atoms with Crippen LogP contribution in [0.1, 0.15) is 21.5 Å². The maximum atomic E-state index is 12.3. The molecule has 1 heterocycles. The topological polar surface area (TPSA) is 52.6 Å². The van der Waals surface area contributed by atoms with Crippen LogP contribution in [0.3, 0.4) is 0 Å². The average Bonchev–Trinajstić information content (AvgIpc) is 2.35. The van der Waals surface area contributed by atoms with Crippen molar-refractivity contribution in [2.45, 2.75) is 13.8 Å². The van der Waals surface area contributed by atoms with Gasteiger partial charge < -0.3 is 15.3 Å². The van der Waals surface area contributed by atoms with Gasteiger partial charge in [-0.1, -0.05) is 12.1 Å². The molecule has 0 aliphatic carbocycles. The normalized spacial score (nSPS) is 16.0. The predicted octanol–water partition coefficient (Wildman–Crippen LogP) is 1.05. The standard InChI is InChI=1S/C13H18N2O2/c1-9-3-4-10(2)12(16)11(9)13(17)15-7-5-14-6-8-15/h3-4,14,16H,5-8H2,1-2H3. The van der Waals surface area contributed by atoms with Crippen LogP contribution in [0.25, 0.3) is 0 Å². The van der Waals surface area contributed by atoms with E-state index in [1.54, 1.807) is 4.90 Å². The molecule has 0 aromatic heterocycles. The Balaban J connectivity index is 2.32. The summed E-state index contributed by atoms with van der Waals surface area (Å²) < 4.78 is 0. The highest BCUT2D eigenvalue weighted by atomic mass is 16.3. The number of nitrogens with one attached hydrogen (secondary N) is 1. The zero-order chi connectivity index (χ0) is 12.4. The average molecular weight is 234 g/mol. The van der Waals surface area contributed by atoms with Gasteiger partial charge in [-0.15, -0.1) is 0 Å². The number of benzene rings is 1. The second-order valence-corrected chi connectivity index (χ2v) is 4.47. The van der Waals surface area contributed by atoms with Crippen molar-refractivity contribution in [2.75, 3.05) is 26.2 Å². The number of aromatic hydroxyl groups is 1. The monoisotopic (exact) mass is 234 g/mol. The molecule has 1 aromatic carbocycles. The van der Waals surface area contributed by atoms with E-state index in [-0.39, 0.29) is 11.7 Å². The lowest BCUT2D eigenvalue weighted by Crippen LogP contribution is -2.46. The van der Waals surface area contributed by atoms with Crippen molar-refractivity contribution in [3.63, 3.8) is 0 Å². The molecule has 1 aliphatic rings. The fraction of sp³-hybridized carbons (Fsp3) is 0.462. The van der Waals surface area contributed by atoms with E-state index in [9.17, 15) is 9.90 Å². The number of nitrogens with zero attached hydrogens (tertiary/aromatic N) is 1. The van der Waals surface area contributed by atoms with E-state index in [4.69, 9.17) is 0 Å². The molecule has 1 aromatic rings. The lowest BCUT2D eigenvalue weighted by atomic mass is 10.0. The van der Waals surface area contributed by atoms with Crippen molar-refractivity contribution in [1.29, 1.82) is 0 Å². The number of hydrogen-bond acceptors (Lipinski definition) is 3. The van der Waals surface area contributed by atoms with E-state index in [0.717, 1.165) is 24.2 Å². The van der Waals surface area contributed by atoms with Crippen LogP contribution in [-0.2, 0) is 0 Å². The van der Waals surface area contributed by atoms with E-state index < -0.39 is 0 Å². The van der Waals surface area contributed by atoms with Gasteiger partial charge in [-0.2, -0.15) is 0 Å². The molecule has 92 valence electrons. The lowest BCUT2D eigenvalue weighted by Gasteiger charge is -2.28. The molecule has 1 saturated heterocycles. The van der Waals surface area contributed by atoms with Crippen molar-refractivity contribution in [3.8, 4) is 5.75 Å². The quantitative estimate of drug-likeness (QED) is 0.764. The highest BCUT2D eigenvalue weighted by Crippen LogP contribution is 2.26. The molecule has 2 rings (SSSR count). The van der Waals surface area contributed by atoms with Gasteiger partial charge in [0.2, 0.25) is 0 Å². The Morgan fingerprint density at radius 3 is 2.47 bits per heavy atom. The second-order valence-electron chi connectivity index (χ2n) is 4.47. The van der Waals surface area contributed by atoms with Gasteiger partial charge in [-0.25, -0.2) is 0 Å². The Kier molecular flexibility index (Phi) is 3.33. The number of carbonyl (C=O) groups excluding carboxylic acids is 1. The molecule has 0 unspecified atom stereocenters. The van der Waals surface area contributed by atoms with Crippen molar-refractivity contribution in [1.82, 2.24) is 10.2 Å². The summed E-state index contributed by atoms with van der Waals surface area (Å²) in [5.41, 5.74) is 2.03. The highest BCUT2D eigenvalue weighted by Gasteiger charge is 2.23. The molecular formula is C13H18N2O2. The van der Waals surface area contributed by atoms with Crippen molar-refractivity contribution in [3.05, 3.63) is 28.8 Å². The zero-order valence-corrected chi connectivity index (χ0v) is 10.3. The van der Waals surface area contributed by atoms with Gasteiger partial charge in [0, 0.05) is 26.2 Å². The molecular weight excluding hydrogens is 216 g/mol. The molecule has 4 heteroatoms. The van der Waals surface area contributed by atoms with E-state index in [0.29, 0.717) is 18.7 Å². The largest absolute Gasteiger partial charge is 0.507 e. The Bertz CT molecular complexity index is 437. The molecule has 2 N–H and O–H groups in total. The van der Waals surface area contributed by atoms with Gasteiger partial charge in [0.25, 0.3) is 5.91 Å². The fourth-order valence-corrected chi connectivity index (χ4v) is 2.09. The number of phenolic OH excluding ortho intramolecular Hbond substituents is 1. The van der Waals surface area contributed by atoms with E-state index >= 15 is 0 Å². The van der Waals surface area contributed by atoms with E-state index in [1.165, 1.54) is 0 Å². The summed E-state index contributed by atoms with van der Waals surface area (Å²) in [4.78, 5) is 14.1. The smallest absolute Gasteiger partial charge is 0.257 e. The Hall–Kier alpha value is -1.55. The summed E-state index contributed by atoms with van der Waals surface area (Å²) in [7, 11) is 0. The van der Waals surface area contributed by atoms with Crippen molar-refractivity contribution in [2.24, 2.45) is 0 Å². The molecule has 1 aliphatic heterocycles. The number of amides is 1. The third-order valence-electron chi connectivity index (χ3n) is 3.21. The van der Waals surface area contributed by atoms with Crippen LogP contribution in [0.15, 0.2) is 12.1 Å². The minimum absolute atomic E-state index is 0.0646. The van der Waals surface area contributed by atoms with Gasteiger partial charge in [0.15, 0.2) is 0 Å². The summed E-state index contributed by atoms with van der Waals surface area (Å²) in [5.74, 6) is 0.0544. The first-order valence-electron chi connectivity index (χ1n) is 5.90. The number of rotatable bonds is 1. The number of hydrogen-bond donors (Lipinski definition) is 2. The fourth-order valence-electron chi connectivity index (χ4n) is 2.09. The third kappa shape index (κ3) is 2.26. The SMILES string of the molecule is Cc1ccc(C)c(C(=O)N2CCNCC2)c1O. The van der Waals surface area contributed by atoms with Crippen molar-refractivity contribution < 1.29 is 9.90 Å². The van der Waals surface area contributed by atoms with Crippen LogP contribution in [0.2, 0.25) is 0 Å². The van der Waals surface area contributed by atoms with Crippen molar-refractivity contribution >= 4 is 5.91 Å². The summed E-state index contributed by atoms with van der Waals surface area (Å²) in [6.45, 7) is 6.70. The first kappa shape index (κ1) is 11.9. The summed E-state index contributed by atoms with van der Waals surface area (Å²) in [5, 5.41) is 13.2. The van der Waals surface area contributed by atoms with Gasteiger partial charge in [0.05, 0.1) is 5.56 Å². The molecule has 0 bridgehead atoms. The molecule has 17 heavy (non-hydrogen) atoms. The maximum absolute atomic E-state index is 12.3. The van der Waals surface area contributed by atoms with Crippen LogP contribution in [0.4, 0.5) is 0 Å². The second kappa shape index (κ2) is 4.75. The minimum atomic E-state index is -0.0646. The van der Waals surface area contributed by atoms with Crippen LogP contribution >= 0.6 is 0 Å². The number of phenols is 1. The van der Waals surface area contributed by atoms with Gasteiger partial charge in [-0.3, -0.25) is 4.79 Å². The highest BCUT2D eigenvalue weighted by molar-refractivity contribution is 5.98. The van der Waals surface area contributed by atoms with Crippen LogP contribution in [0.5, 0.6) is 5.75 Å². The van der Waals surface area contributed by atoms with Gasteiger partial charge >= 0.3 is 0 Å². The summed E-state index contributed by atoms with van der Waals surface area (Å²) >= 11 is 0. The first-order chi connectivity index (χ1) is 8.11. The molecule has 0 saturated carbocycles. The molecule has 1 fully saturated rings. The van der Waals surface area contributed by atoms with Gasteiger partial charge in [0.1, 0.15) is 5.75 Å². The van der Waals surface area contributed by atoms with Crippen LogP contribution in [0, 0.1) is 13.8 Å². The summed E-state index contributed by atoms with van der Waals surface area (Å²) in [6, 6.07) is 3.71. The molecule has 4 nitrogen and oxygen atoms in total. The molecule has 0 spiro atoms. The zero-order valence-electron chi connectivity index (χ0n) is 10.3. The molecule has 1 amide bonds. The van der Waals surface area contributed by atoms with E-state index in [2.05, 4.69) is 5.32 Å². The van der Waals surface area contributed by atoms with Crippen LogP contribution < -0.4 is 5.32 Å². The molecule has 0 radical (unpaired) electrons. The number of aryl methyl sites for hydroxylation is 2. The Morgan fingerprint density at radius 1 is 1.24 bits per heavy atom. The summed E-state index contributed by atoms with van der Waals surface area (Å²) in [6.07, 6.45) is 0. The molecule has 0 atom stereocenters. The van der Waals surface area contributed by atoms with E-state index in [1.807, 2.05) is 26.0 Å². The lowest BCUT2D eigenvalue weighted by molar-refractivity contribution is 0.0732. The number of carbonyl (C=O) groups is 1. The minimum Gasteiger partial charge on any atom is -0.507 e. The van der Waals surface area contributed by atoms with Crippen LogP contribution in [-0.4, -0.2) is 42.1 Å². The number of piperazine rings is 1. The first-order valence-corrected chi connectivity index (χ1v) is 5.90.